The Morgan fingerprint density at radius 2 is 2.00 bits per heavy atom. The molecule has 150 valence electrons. The predicted molar refractivity (Wildman–Crippen MR) is 101 cm³/mol. The molecule has 0 saturated carbocycles. The van der Waals surface area contributed by atoms with E-state index in [-0.39, 0.29) is 23.0 Å². The molecule has 1 heterocycles. The van der Waals surface area contributed by atoms with E-state index in [4.69, 9.17) is 28.0 Å². The Morgan fingerprint density at radius 3 is 2.61 bits per heavy atom. The zero-order valence-corrected chi connectivity index (χ0v) is 16.4. The lowest BCUT2D eigenvalue weighted by Gasteiger charge is -2.18. The van der Waals surface area contributed by atoms with Gasteiger partial charge in [-0.25, -0.2) is 0 Å². The van der Waals surface area contributed by atoms with E-state index in [1.165, 1.54) is 31.3 Å². The van der Waals surface area contributed by atoms with Gasteiger partial charge in [0.25, 0.3) is 5.91 Å². The van der Waals surface area contributed by atoms with Gasteiger partial charge >= 0.3 is 6.18 Å². The van der Waals surface area contributed by atoms with Crippen LogP contribution in [0.3, 0.4) is 0 Å². The topological polar surface area (TPSA) is 63.6 Å². The molecule has 0 spiro atoms. The summed E-state index contributed by atoms with van der Waals surface area (Å²) in [6, 6.07) is 5.07. The largest absolute Gasteiger partial charge is 0.417 e. The van der Waals surface area contributed by atoms with E-state index >= 15 is 0 Å². The van der Waals surface area contributed by atoms with Crippen LogP contribution in [-0.2, 0) is 11.0 Å². The average molecular weight is 434 g/mol. The molecule has 28 heavy (non-hydrogen) atoms. The Bertz CT molecular complexity index is 889. The Balaban J connectivity index is 2.34. The zero-order valence-electron chi connectivity index (χ0n) is 14.8. The van der Waals surface area contributed by atoms with Gasteiger partial charge in [-0.3, -0.25) is 9.78 Å². The summed E-state index contributed by atoms with van der Waals surface area (Å²) >= 11 is 12.0. The van der Waals surface area contributed by atoms with Crippen molar-refractivity contribution in [1.82, 2.24) is 10.3 Å². The van der Waals surface area contributed by atoms with Gasteiger partial charge in [-0.05, 0) is 32.0 Å². The van der Waals surface area contributed by atoms with E-state index in [1.807, 2.05) is 0 Å². The SMILES string of the molecule is CCO/N=C(\c1ncc(Cl)cc1Cl)C(C)NC(=O)c1ccccc1C(F)(F)F. The van der Waals surface area contributed by atoms with Crippen LogP contribution < -0.4 is 5.32 Å². The van der Waals surface area contributed by atoms with Gasteiger partial charge in [0.2, 0.25) is 0 Å². The zero-order chi connectivity index (χ0) is 20.9. The third kappa shape index (κ3) is 5.36. The highest BCUT2D eigenvalue weighted by molar-refractivity contribution is 6.36. The predicted octanol–water partition coefficient (Wildman–Crippen LogP) is 4.97. The molecule has 10 heteroatoms. The Hall–Kier alpha value is -2.32. The molecule has 2 rings (SSSR count). The lowest BCUT2D eigenvalue weighted by atomic mass is 10.0. The first-order chi connectivity index (χ1) is 13.1. The first-order valence-electron chi connectivity index (χ1n) is 8.13. The number of nitrogens with zero attached hydrogens (tertiary/aromatic N) is 2. The van der Waals surface area contributed by atoms with Crippen LogP contribution >= 0.6 is 23.2 Å². The standard InChI is InChI=1S/C18H16Cl2F3N3O2/c1-3-28-26-15(16-14(20)8-11(19)9-24-16)10(2)25-17(27)12-6-4-5-7-13(12)18(21,22)23/h4-10H,3H2,1-2H3,(H,25,27)/b26-15-. The Kier molecular flexibility index (Phi) is 7.26. The fraction of sp³-hybridized carbons (Fsp3) is 0.278. The van der Waals surface area contributed by atoms with E-state index in [1.54, 1.807) is 6.92 Å². The van der Waals surface area contributed by atoms with E-state index in [0.717, 1.165) is 12.1 Å². The maximum Gasteiger partial charge on any atom is 0.417 e. The number of amides is 1. The van der Waals surface area contributed by atoms with Gasteiger partial charge < -0.3 is 10.2 Å². The van der Waals surface area contributed by atoms with Crippen molar-refractivity contribution in [3.8, 4) is 0 Å². The molecule has 1 N–H and O–H groups in total. The highest BCUT2D eigenvalue weighted by Crippen LogP contribution is 2.31. The van der Waals surface area contributed by atoms with Crippen LogP contribution in [0.2, 0.25) is 10.0 Å². The van der Waals surface area contributed by atoms with Gasteiger partial charge in [0.15, 0.2) is 0 Å². The van der Waals surface area contributed by atoms with Gasteiger partial charge in [-0.15, -0.1) is 0 Å². The summed E-state index contributed by atoms with van der Waals surface area (Å²) in [7, 11) is 0. The molecule has 5 nitrogen and oxygen atoms in total. The van der Waals surface area contributed by atoms with E-state index in [9.17, 15) is 18.0 Å². The van der Waals surface area contributed by atoms with Crippen molar-refractivity contribution in [3.05, 3.63) is 63.4 Å². The Labute approximate surface area is 169 Å². The van der Waals surface area contributed by atoms with Crippen molar-refractivity contribution < 1.29 is 22.8 Å². The number of hydrogen-bond donors (Lipinski definition) is 1. The summed E-state index contributed by atoms with van der Waals surface area (Å²) in [5.41, 5.74) is -1.21. The first kappa shape index (κ1) is 22.0. The van der Waals surface area contributed by atoms with Crippen molar-refractivity contribution in [2.45, 2.75) is 26.1 Å². The molecule has 1 aromatic heterocycles. The number of hydrogen-bond acceptors (Lipinski definition) is 4. The third-order valence-corrected chi connectivity index (χ3v) is 4.07. The molecule has 0 saturated heterocycles. The summed E-state index contributed by atoms with van der Waals surface area (Å²) in [5, 5.41) is 6.83. The molecule has 1 unspecified atom stereocenters. The number of aromatic nitrogens is 1. The third-order valence-electron chi connectivity index (χ3n) is 3.58. The van der Waals surface area contributed by atoms with Gasteiger partial charge in [0.05, 0.1) is 27.2 Å². The molecule has 0 bridgehead atoms. The van der Waals surface area contributed by atoms with Crippen LogP contribution in [0, 0.1) is 0 Å². The number of pyridine rings is 1. The van der Waals surface area contributed by atoms with Crippen molar-refractivity contribution in [2.75, 3.05) is 6.61 Å². The van der Waals surface area contributed by atoms with Gasteiger partial charge in [-0.2, -0.15) is 13.2 Å². The molecule has 0 aliphatic heterocycles. The number of carbonyl (C=O) groups is 1. The molecule has 2 aromatic rings. The van der Waals surface area contributed by atoms with Crippen LogP contribution in [0.25, 0.3) is 0 Å². The number of oxime groups is 1. The monoisotopic (exact) mass is 433 g/mol. The van der Waals surface area contributed by atoms with Crippen molar-refractivity contribution in [3.63, 3.8) is 0 Å². The number of carbonyl (C=O) groups excluding carboxylic acids is 1. The van der Waals surface area contributed by atoms with Gasteiger partial charge in [0.1, 0.15) is 18.0 Å². The molecule has 1 aromatic carbocycles. The lowest BCUT2D eigenvalue weighted by molar-refractivity contribution is -0.137. The van der Waals surface area contributed by atoms with Crippen LogP contribution in [0.1, 0.15) is 35.5 Å². The molecule has 0 fully saturated rings. The highest BCUT2D eigenvalue weighted by atomic mass is 35.5. The molecule has 0 aliphatic carbocycles. The molecular weight excluding hydrogens is 418 g/mol. The van der Waals surface area contributed by atoms with Crippen LogP contribution in [0.4, 0.5) is 13.2 Å². The fourth-order valence-corrected chi connectivity index (χ4v) is 2.81. The van der Waals surface area contributed by atoms with E-state index < -0.39 is 29.3 Å². The minimum atomic E-state index is -4.67. The maximum absolute atomic E-state index is 13.2. The number of alkyl halides is 3. The molecule has 1 atom stereocenters. The fourth-order valence-electron chi connectivity index (χ4n) is 2.34. The number of rotatable bonds is 6. The van der Waals surface area contributed by atoms with Gasteiger partial charge in [-0.1, -0.05) is 40.5 Å². The molecule has 1 amide bonds. The second-order valence-corrected chi connectivity index (χ2v) is 6.46. The molecular formula is C18H16Cl2F3N3O2. The van der Waals surface area contributed by atoms with Crippen LogP contribution in [0.5, 0.6) is 0 Å². The van der Waals surface area contributed by atoms with Crippen molar-refractivity contribution >= 4 is 34.8 Å². The van der Waals surface area contributed by atoms with E-state index in [0.29, 0.717) is 5.02 Å². The van der Waals surface area contributed by atoms with Crippen LogP contribution in [0.15, 0.2) is 41.7 Å². The van der Waals surface area contributed by atoms with Crippen molar-refractivity contribution in [2.24, 2.45) is 5.16 Å². The summed E-state index contributed by atoms with van der Waals surface area (Å²) in [6.07, 6.45) is -3.34. The van der Waals surface area contributed by atoms with Crippen molar-refractivity contribution in [1.29, 1.82) is 0 Å². The minimum absolute atomic E-state index is 0.140. The highest BCUT2D eigenvalue weighted by Gasteiger charge is 2.35. The lowest BCUT2D eigenvalue weighted by Crippen LogP contribution is -2.40. The second kappa shape index (κ2) is 9.25. The smallest absolute Gasteiger partial charge is 0.396 e. The minimum Gasteiger partial charge on any atom is -0.396 e. The summed E-state index contributed by atoms with van der Waals surface area (Å²) < 4.78 is 39.5. The number of halogens is 5. The summed E-state index contributed by atoms with van der Waals surface area (Å²) in [5.74, 6) is -0.922. The summed E-state index contributed by atoms with van der Waals surface area (Å²) in [6.45, 7) is 3.45. The van der Waals surface area contributed by atoms with Crippen LogP contribution in [-0.4, -0.2) is 29.3 Å². The second-order valence-electron chi connectivity index (χ2n) is 5.62. The van der Waals surface area contributed by atoms with Gasteiger partial charge in [0, 0.05) is 6.20 Å². The normalized spacial score (nSPS) is 13.2. The maximum atomic E-state index is 13.2. The quantitative estimate of drug-likeness (QED) is 0.516. The van der Waals surface area contributed by atoms with E-state index in [2.05, 4.69) is 15.5 Å². The molecule has 0 aliphatic rings. The first-order valence-corrected chi connectivity index (χ1v) is 8.89. The summed E-state index contributed by atoms with van der Waals surface area (Å²) in [4.78, 5) is 21.6. The molecule has 0 radical (unpaired) electrons. The number of nitrogens with one attached hydrogen (secondary N) is 1. The average Bonchev–Trinajstić information content (AvgIpc) is 2.62. The Morgan fingerprint density at radius 1 is 1.32 bits per heavy atom. The number of benzene rings is 1.